The summed E-state index contributed by atoms with van der Waals surface area (Å²) in [4.78, 5) is 0. The molecule has 0 fully saturated rings. The zero-order valence-corrected chi connectivity index (χ0v) is 7.25. The number of aliphatic hydroxyl groups is 1. The molecule has 1 rings (SSSR count). The zero-order valence-electron chi connectivity index (χ0n) is 7.25. The normalized spacial score (nSPS) is 10.1. The molecular weight excluding hydrogens is 175 g/mol. The van der Waals surface area contributed by atoms with Crippen LogP contribution in [0.4, 0.5) is 4.39 Å². The summed E-state index contributed by atoms with van der Waals surface area (Å²) in [6.07, 6.45) is 0.330. The van der Waals surface area contributed by atoms with Gasteiger partial charge in [0.25, 0.3) is 0 Å². The Kier molecular flexibility index (Phi) is 3.08. The Morgan fingerprint density at radius 3 is 2.69 bits per heavy atom. The van der Waals surface area contributed by atoms with Crippen molar-refractivity contribution in [2.45, 2.75) is 6.42 Å². The first-order chi connectivity index (χ1) is 6.19. The predicted molar refractivity (Wildman–Crippen MR) is 45.4 cm³/mol. The lowest BCUT2D eigenvalue weighted by Crippen LogP contribution is -1.96. The van der Waals surface area contributed by atoms with Crippen molar-refractivity contribution in [2.24, 2.45) is 0 Å². The van der Waals surface area contributed by atoms with Crippen molar-refractivity contribution in [3.8, 4) is 11.5 Å². The van der Waals surface area contributed by atoms with Gasteiger partial charge in [-0.2, -0.15) is 0 Å². The fraction of sp³-hybridized carbons (Fsp3) is 0.333. The van der Waals surface area contributed by atoms with Gasteiger partial charge in [0, 0.05) is 18.2 Å². The van der Waals surface area contributed by atoms with E-state index in [2.05, 4.69) is 0 Å². The summed E-state index contributed by atoms with van der Waals surface area (Å²) in [5.74, 6) is -0.813. The largest absolute Gasteiger partial charge is 0.505 e. The van der Waals surface area contributed by atoms with Gasteiger partial charge in [-0.05, 0) is 12.5 Å². The average Bonchev–Trinajstić information content (AvgIpc) is 2.11. The second-order valence-corrected chi connectivity index (χ2v) is 2.59. The maximum Gasteiger partial charge on any atom is 0.168 e. The molecule has 4 heteroatoms. The smallest absolute Gasteiger partial charge is 0.168 e. The van der Waals surface area contributed by atoms with Crippen molar-refractivity contribution in [1.82, 2.24) is 0 Å². The molecule has 72 valence electrons. The summed E-state index contributed by atoms with van der Waals surface area (Å²) >= 11 is 0. The van der Waals surface area contributed by atoms with E-state index in [1.807, 2.05) is 0 Å². The van der Waals surface area contributed by atoms with Crippen LogP contribution in [0, 0.1) is 5.82 Å². The van der Waals surface area contributed by atoms with Crippen LogP contribution in [0.1, 0.15) is 5.56 Å². The maximum absolute atomic E-state index is 12.8. The highest BCUT2D eigenvalue weighted by molar-refractivity contribution is 5.40. The van der Waals surface area contributed by atoms with Crippen LogP contribution in [0.5, 0.6) is 11.5 Å². The van der Waals surface area contributed by atoms with Crippen LogP contribution in [0.25, 0.3) is 0 Å². The monoisotopic (exact) mass is 186 g/mol. The highest BCUT2D eigenvalue weighted by Gasteiger charge is 2.08. The summed E-state index contributed by atoms with van der Waals surface area (Å²) in [5, 5.41) is 17.7. The third-order valence-electron chi connectivity index (χ3n) is 1.73. The van der Waals surface area contributed by atoms with E-state index >= 15 is 0 Å². The number of hydrogen-bond donors (Lipinski definition) is 2. The highest BCUT2D eigenvalue weighted by Crippen LogP contribution is 2.26. The molecule has 0 unspecified atom stereocenters. The van der Waals surface area contributed by atoms with Crippen molar-refractivity contribution in [2.75, 3.05) is 13.7 Å². The number of rotatable bonds is 3. The molecule has 0 aliphatic rings. The minimum atomic E-state index is -0.724. The maximum atomic E-state index is 12.8. The number of hydrogen-bond acceptors (Lipinski definition) is 3. The van der Waals surface area contributed by atoms with Crippen LogP contribution in [-0.2, 0) is 6.42 Å². The van der Waals surface area contributed by atoms with Crippen LogP contribution in [-0.4, -0.2) is 23.9 Å². The van der Waals surface area contributed by atoms with E-state index in [1.54, 1.807) is 0 Å². The summed E-state index contributed by atoms with van der Waals surface area (Å²) < 4.78 is 17.7. The van der Waals surface area contributed by atoms with E-state index in [9.17, 15) is 4.39 Å². The van der Waals surface area contributed by atoms with Gasteiger partial charge < -0.3 is 14.9 Å². The molecule has 0 aromatic heterocycles. The van der Waals surface area contributed by atoms with Crippen molar-refractivity contribution < 1.29 is 19.3 Å². The second kappa shape index (κ2) is 4.09. The van der Waals surface area contributed by atoms with E-state index < -0.39 is 11.6 Å². The fourth-order valence-corrected chi connectivity index (χ4v) is 1.09. The molecular formula is C9H11FO3. The number of phenols is 1. The first-order valence-corrected chi connectivity index (χ1v) is 3.85. The van der Waals surface area contributed by atoms with Gasteiger partial charge >= 0.3 is 0 Å². The van der Waals surface area contributed by atoms with Gasteiger partial charge in [-0.15, -0.1) is 0 Å². The first-order valence-electron chi connectivity index (χ1n) is 3.85. The number of aliphatic hydroxyl groups excluding tert-OH is 1. The molecule has 0 atom stereocenters. The standard InChI is InChI=1S/C9H11FO3/c1-13-9-5-7(10)8(12)4-6(9)2-3-11/h4-5,11-12H,2-3H2,1H3. The topological polar surface area (TPSA) is 49.7 Å². The Morgan fingerprint density at radius 1 is 1.46 bits per heavy atom. The number of ether oxygens (including phenoxy) is 1. The Balaban J connectivity index is 3.09. The van der Waals surface area contributed by atoms with Crippen LogP contribution in [0.3, 0.4) is 0 Å². The van der Waals surface area contributed by atoms with Crippen LogP contribution in [0.15, 0.2) is 12.1 Å². The third kappa shape index (κ3) is 2.09. The molecule has 0 heterocycles. The summed E-state index contributed by atoms with van der Waals surface area (Å²) in [6.45, 7) is -0.0680. The lowest BCUT2D eigenvalue weighted by molar-refractivity contribution is 0.296. The number of aromatic hydroxyl groups is 1. The van der Waals surface area contributed by atoms with E-state index in [-0.39, 0.29) is 6.61 Å². The molecule has 13 heavy (non-hydrogen) atoms. The molecule has 0 saturated carbocycles. The molecule has 2 N–H and O–H groups in total. The Hall–Kier alpha value is -1.29. The van der Waals surface area contributed by atoms with E-state index in [0.29, 0.717) is 17.7 Å². The lowest BCUT2D eigenvalue weighted by atomic mass is 10.1. The SMILES string of the molecule is COc1cc(F)c(O)cc1CCO. The number of halogens is 1. The van der Waals surface area contributed by atoms with Gasteiger partial charge in [-0.3, -0.25) is 0 Å². The average molecular weight is 186 g/mol. The van der Waals surface area contributed by atoms with Gasteiger partial charge in [0.05, 0.1) is 7.11 Å². The zero-order chi connectivity index (χ0) is 9.84. The van der Waals surface area contributed by atoms with E-state index in [0.717, 1.165) is 6.07 Å². The van der Waals surface area contributed by atoms with Gasteiger partial charge in [0.15, 0.2) is 11.6 Å². The number of benzene rings is 1. The molecule has 0 aliphatic carbocycles. The van der Waals surface area contributed by atoms with E-state index in [4.69, 9.17) is 14.9 Å². The number of methoxy groups -OCH3 is 1. The Bertz CT molecular complexity index is 299. The van der Waals surface area contributed by atoms with Crippen LogP contribution in [0.2, 0.25) is 0 Å². The van der Waals surface area contributed by atoms with Crippen LogP contribution < -0.4 is 4.74 Å². The van der Waals surface area contributed by atoms with Gasteiger partial charge in [-0.25, -0.2) is 4.39 Å². The molecule has 0 aliphatic heterocycles. The summed E-state index contributed by atoms with van der Waals surface area (Å²) in [7, 11) is 1.41. The third-order valence-corrected chi connectivity index (χ3v) is 1.73. The molecule has 0 radical (unpaired) electrons. The highest BCUT2D eigenvalue weighted by atomic mass is 19.1. The molecule has 1 aromatic rings. The Morgan fingerprint density at radius 2 is 2.15 bits per heavy atom. The molecule has 1 aromatic carbocycles. The van der Waals surface area contributed by atoms with Gasteiger partial charge in [-0.1, -0.05) is 0 Å². The number of phenolic OH excluding ortho intramolecular Hbond substituents is 1. The molecule has 0 bridgehead atoms. The molecule has 0 spiro atoms. The Labute approximate surface area is 75.4 Å². The quantitative estimate of drug-likeness (QED) is 0.742. The minimum Gasteiger partial charge on any atom is -0.505 e. The first kappa shape index (κ1) is 9.80. The molecule has 0 saturated heterocycles. The second-order valence-electron chi connectivity index (χ2n) is 2.59. The van der Waals surface area contributed by atoms with Gasteiger partial charge in [0.1, 0.15) is 5.75 Å². The summed E-state index contributed by atoms with van der Waals surface area (Å²) in [5.41, 5.74) is 0.587. The fourth-order valence-electron chi connectivity index (χ4n) is 1.09. The van der Waals surface area contributed by atoms with Gasteiger partial charge in [0.2, 0.25) is 0 Å². The molecule has 3 nitrogen and oxygen atoms in total. The molecule has 0 amide bonds. The predicted octanol–water partition coefficient (Wildman–Crippen LogP) is 1.07. The van der Waals surface area contributed by atoms with Crippen molar-refractivity contribution in [3.63, 3.8) is 0 Å². The van der Waals surface area contributed by atoms with Crippen LogP contribution >= 0.6 is 0 Å². The summed E-state index contributed by atoms with van der Waals surface area (Å²) in [6, 6.07) is 2.35. The lowest BCUT2D eigenvalue weighted by Gasteiger charge is -2.07. The van der Waals surface area contributed by atoms with E-state index in [1.165, 1.54) is 13.2 Å². The minimum absolute atomic E-state index is 0.0680. The van der Waals surface area contributed by atoms with Crippen molar-refractivity contribution in [3.05, 3.63) is 23.5 Å². The van der Waals surface area contributed by atoms with Crippen molar-refractivity contribution >= 4 is 0 Å². The van der Waals surface area contributed by atoms with Crippen molar-refractivity contribution in [1.29, 1.82) is 0 Å².